The quantitative estimate of drug-likeness (QED) is 0.587. The molecule has 0 amide bonds. The van der Waals surface area contributed by atoms with E-state index < -0.39 is 0 Å². The van der Waals surface area contributed by atoms with E-state index in [-0.39, 0.29) is 0 Å². The Kier molecular flexibility index (Phi) is 7.20. The Morgan fingerprint density at radius 2 is 1.00 bits per heavy atom. The maximum atomic E-state index is 4.49. The first kappa shape index (κ1) is 20.4. The summed E-state index contributed by atoms with van der Waals surface area (Å²) >= 11 is 0. The third-order valence-corrected chi connectivity index (χ3v) is 4.82. The first-order chi connectivity index (χ1) is 11.0. The Hall–Kier alpha value is -1.63. The molecule has 1 aromatic heterocycles. The van der Waals surface area contributed by atoms with Gasteiger partial charge in [-0.15, -0.1) is 0 Å². The topological polar surface area (TPSA) is 12.9 Å². The molecule has 1 heterocycles. The van der Waals surface area contributed by atoms with Gasteiger partial charge >= 0.3 is 0 Å². The zero-order valence-corrected chi connectivity index (χ0v) is 17.3. The molecule has 24 heavy (non-hydrogen) atoms. The van der Waals surface area contributed by atoms with Crippen LogP contribution in [0.3, 0.4) is 0 Å². The molecule has 0 saturated heterocycles. The lowest BCUT2D eigenvalue weighted by Gasteiger charge is -2.12. The van der Waals surface area contributed by atoms with Gasteiger partial charge in [-0.2, -0.15) is 0 Å². The van der Waals surface area contributed by atoms with Crippen LogP contribution in [0.25, 0.3) is 0 Å². The lowest BCUT2D eigenvalue weighted by atomic mass is 9.94. The van der Waals surface area contributed by atoms with Gasteiger partial charge in [-0.25, -0.2) is 0 Å². The number of nitrogens with zero attached hydrogens (tertiary/aromatic N) is 1. The monoisotopic (exact) mass is 325 g/mol. The number of hydrogen-bond acceptors (Lipinski definition) is 1. The van der Waals surface area contributed by atoms with Gasteiger partial charge in [0, 0.05) is 11.4 Å². The molecule has 1 heteroatoms. The van der Waals surface area contributed by atoms with Crippen molar-refractivity contribution in [2.24, 2.45) is 0 Å². The van der Waals surface area contributed by atoms with E-state index in [1.165, 1.54) is 39.1 Å². The summed E-state index contributed by atoms with van der Waals surface area (Å²) in [5.74, 6) is 1.22. The molecule has 0 spiro atoms. The summed E-state index contributed by atoms with van der Waals surface area (Å²) in [5.41, 5.74) is 10.7. The first-order valence-corrected chi connectivity index (χ1v) is 9.07. The SMILES string of the molecule is Cc1cc(C(C)C)c(C)nc1C.Cc1cc(C)c(C(C)C)cc1C. The highest BCUT2D eigenvalue weighted by Crippen LogP contribution is 2.22. The number of pyridine rings is 1. The summed E-state index contributed by atoms with van der Waals surface area (Å²) in [6, 6.07) is 6.85. The second-order valence-electron chi connectivity index (χ2n) is 7.67. The number of aryl methyl sites for hydroxylation is 6. The van der Waals surface area contributed by atoms with Gasteiger partial charge in [-0.05, 0) is 86.8 Å². The van der Waals surface area contributed by atoms with Gasteiger partial charge < -0.3 is 0 Å². The molecule has 0 N–H and O–H groups in total. The van der Waals surface area contributed by atoms with Crippen molar-refractivity contribution in [3.05, 3.63) is 63.0 Å². The third kappa shape index (κ3) is 5.19. The summed E-state index contributed by atoms with van der Waals surface area (Å²) < 4.78 is 0. The maximum Gasteiger partial charge on any atom is 0.0410 e. The highest BCUT2D eigenvalue weighted by molar-refractivity contribution is 5.37. The smallest absolute Gasteiger partial charge is 0.0410 e. The van der Waals surface area contributed by atoms with E-state index in [0.29, 0.717) is 11.8 Å². The molecule has 0 aliphatic carbocycles. The van der Waals surface area contributed by atoms with E-state index in [4.69, 9.17) is 0 Å². The second kappa shape index (κ2) is 8.46. The summed E-state index contributed by atoms with van der Waals surface area (Å²) in [5, 5.41) is 0. The van der Waals surface area contributed by atoms with Crippen molar-refractivity contribution in [3.8, 4) is 0 Å². The van der Waals surface area contributed by atoms with Crippen molar-refractivity contribution < 1.29 is 0 Å². The molecule has 0 aliphatic heterocycles. The van der Waals surface area contributed by atoms with Gasteiger partial charge in [0.1, 0.15) is 0 Å². The standard InChI is InChI=1S/C12H18.C11H17N/c1-8(2)12-7-10(4)9(3)6-11(12)5;1-7(2)11-6-8(3)9(4)12-10(11)5/h6-8H,1-5H3;6-7H,1-5H3. The molecule has 2 aromatic rings. The highest BCUT2D eigenvalue weighted by atomic mass is 14.7. The predicted molar refractivity (Wildman–Crippen MR) is 107 cm³/mol. The molecule has 0 bridgehead atoms. The Bertz CT molecular complexity index is 632. The molecule has 0 atom stereocenters. The average Bonchev–Trinajstić information content (AvgIpc) is 2.46. The number of benzene rings is 1. The second-order valence-corrected chi connectivity index (χ2v) is 7.67. The van der Waals surface area contributed by atoms with E-state index in [9.17, 15) is 0 Å². The molecule has 0 unspecified atom stereocenters. The zero-order valence-electron chi connectivity index (χ0n) is 17.3. The van der Waals surface area contributed by atoms with Crippen LogP contribution in [0.4, 0.5) is 0 Å². The van der Waals surface area contributed by atoms with Crippen LogP contribution >= 0.6 is 0 Å². The molecule has 1 aromatic carbocycles. The van der Waals surface area contributed by atoms with E-state index in [2.05, 4.69) is 92.4 Å². The van der Waals surface area contributed by atoms with Crippen LogP contribution in [0.2, 0.25) is 0 Å². The van der Waals surface area contributed by atoms with Crippen molar-refractivity contribution in [3.63, 3.8) is 0 Å². The Labute approximate surface area is 149 Å². The molecule has 0 saturated carbocycles. The lowest BCUT2D eigenvalue weighted by molar-refractivity contribution is 0.835. The zero-order chi connectivity index (χ0) is 18.6. The third-order valence-electron chi connectivity index (χ3n) is 4.82. The number of rotatable bonds is 2. The summed E-state index contributed by atoms with van der Waals surface area (Å²) in [7, 11) is 0. The largest absolute Gasteiger partial charge is 0.258 e. The van der Waals surface area contributed by atoms with Gasteiger partial charge in [0.15, 0.2) is 0 Å². The van der Waals surface area contributed by atoms with E-state index >= 15 is 0 Å². The van der Waals surface area contributed by atoms with Gasteiger partial charge in [0.2, 0.25) is 0 Å². The van der Waals surface area contributed by atoms with Crippen molar-refractivity contribution >= 4 is 0 Å². The highest BCUT2D eigenvalue weighted by Gasteiger charge is 2.06. The van der Waals surface area contributed by atoms with Gasteiger partial charge in [-0.3, -0.25) is 4.98 Å². The Balaban J connectivity index is 0.000000240. The molecule has 1 nitrogen and oxygen atoms in total. The Morgan fingerprint density at radius 3 is 1.50 bits per heavy atom. The molecular formula is C23H35N. The van der Waals surface area contributed by atoms with Crippen LogP contribution in [0, 0.1) is 41.5 Å². The maximum absolute atomic E-state index is 4.49. The van der Waals surface area contributed by atoms with E-state index in [1.54, 1.807) is 0 Å². The predicted octanol–water partition coefficient (Wildman–Crippen LogP) is 6.87. The van der Waals surface area contributed by atoms with Crippen molar-refractivity contribution in [1.82, 2.24) is 4.98 Å². The summed E-state index contributed by atoms with van der Waals surface area (Å²) in [6.07, 6.45) is 0. The molecule has 132 valence electrons. The number of aromatic nitrogens is 1. The van der Waals surface area contributed by atoms with E-state index in [1.807, 2.05) is 0 Å². The van der Waals surface area contributed by atoms with Gasteiger partial charge in [-0.1, -0.05) is 45.9 Å². The Morgan fingerprint density at radius 1 is 0.542 bits per heavy atom. The van der Waals surface area contributed by atoms with Crippen molar-refractivity contribution in [2.45, 2.75) is 81.1 Å². The van der Waals surface area contributed by atoms with Crippen LogP contribution in [0.1, 0.15) is 84.3 Å². The number of hydrogen-bond donors (Lipinski definition) is 0. The average molecular weight is 326 g/mol. The minimum absolute atomic E-state index is 0.580. The fraction of sp³-hybridized carbons (Fsp3) is 0.522. The van der Waals surface area contributed by atoms with Crippen LogP contribution in [-0.4, -0.2) is 4.98 Å². The first-order valence-electron chi connectivity index (χ1n) is 9.07. The van der Waals surface area contributed by atoms with Crippen LogP contribution < -0.4 is 0 Å². The molecule has 0 radical (unpaired) electrons. The minimum atomic E-state index is 0.580. The van der Waals surface area contributed by atoms with Gasteiger partial charge in [0.05, 0.1) is 0 Å². The minimum Gasteiger partial charge on any atom is -0.258 e. The normalized spacial score (nSPS) is 10.8. The van der Waals surface area contributed by atoms with Crippen LogP contribution in [0.5, 0.6) is 0 Å². The van der Waals surface area contributed by atoms with Crippen LogP contribution in [-0.2, 0) is 0 Å². The van der Waals surface area contributed by atoms with Gasteiger partial charge in [0.25, 0.3) is 0 Å². The fourth-order valence-corrected chi connectivity index (χ4v) is 3.04. The lowest BCUT2D eigenvalue weighted by Crippen LogP contribution is -1.98. The van der Waals surface area contributed by atoms with Crippen molar-refractivity contribution in [1.29, 1.82) is 0 Å². The van der Waals surface area contributed by atoms with Crippen molar-refractivity contribution in [2.75, 3.05) is 0 Å². The summed E-state index contributed by atoms with van der Waals surface area (Å²) in [6.45, 7) is 21.7. The molecular weight excluding hydrogens is 290 g/mol. The molecule has 2 rings (SSSR count). The molecule has 0 aliphatic rings. The van der Waals surface area contributed by atoms with E-state index in [0.717, 1.165) is 5.69 Å². The summed E-state index contributed by atoms with van der Waals surface area (Å²) in [4.78, 5) is 4.49. The fourth-order valence-electron chi connectivity index (χ4n) is 3.04. The molecule has 0 fully saturated rings. The van der Waals surface area contributed by atoms with Crippen LogP contribution in [0.15, 0.2) is 18.2 Å².